The van der Waals surface area contributed by atoms with Crippen molar-refractivity contribution < 1.29 is 4.79 Å². The van der Waals surface area contributed by atoms with Crippen LogP contribution in [0.5, 0.6) is 0 Å². The molecule has 0 atom stereocenters. The molecule has 0 bridgehead atoms. The Hall–Kier alpha value is -1.64. The predicted molar refractivity (Wildman–Crippen MR) is 108 cm³/mol. The number of hydrazone groups is 1. The normalized spacial score (nSPS) is 11.8. The van der Waals surface area contributed by atoms with Crippen molar-refractivity contribution in [1.82, 2.24) is 5.43 Å². The largest absolute Gasteiger partial charge is 0.273 e. The first-order chi connectivity index (χ1) is 12.1. The summed E-state index contributed by atoms with van der Waals surface area (Å²) >= 11 is 0. The Morgan fingerprint density at radius 3 is 2.04 bits per heavy atom. The molecule has 3 heteroatoms. The lowest BCUT2D eigenvalue weighted by Gasteiger charge is -2.10. The van der Waals surface area contributed by atoms with Crippen LogP contribution in [0, 0.1) is 5.92 Å². The molecule has 0 aliphatic rings. The molecule has 1 N–H and O–H groups in total. The van der Waals surface area contributed by atoms with Crippen LogP contribution in [-0.2, 0) is 4.79 Å². The van der Waals surface area contributed by atoms with Gasteiger partial charge in [-0.1, -0.05) is 102 Å². The van der Waals surface area contributed by atoms with E-state index in [2.05, 4.69) is 31.3 Å². The summed E-state index contributed by atoms with van der Waals surface area (Å²) in [4.78, 5) is 12.0. The molecule has 0 radical (unpaired) electrons. The minimum atomic E-state index is 0.0250. The van der Waals surface area contributed by atoms with Gasteiger partial charge in [0.15, 0.2) is 0 Å². The zero-order chi connectivity index (χ0) is 18.3. The zero-order valence-corrected chi connectivity index (χ0v) is 16.4. The molecular formula is C22H36N2O. The summed E-state index contributed by atoms with van der Waals surface area (Å²) in [5.41, 5.74) is 4.74. The molecule has 1 aromatic carbocycles. The van der Waals surface area contributed by atoms with Crippen molar-refractivity contribution in [2.75, 3.05) is 0 Å². The Kier molecular flexibility index (Phi) is 11.7. The molecule has 0 saturated heterocycles. The first kappa shape index (κ1) is 21.4. The molecule has 0 unspecified atom stereocenters. The van der Waals surface area contributed by atoms with Gasteiger partial charge in [-0.25, -0.2) is 5.43 Å². The Labute approximate surface area is 154 Å². The van der Waals surface area contributed by atoms with Crippen LogP contribution >= 0.6 is 0 Å². The molecule has 0 spiro atoms. The number of carbonyl (C=O) groups is 1. The van der Waals surface area contributed by atoms with Gasteiger partial charge in [-0.3, -0.25) is 4.79 Å². The van der Waals surface area contributed by atoms with E-state index in [0.29, 0.717) is 6.42 Å². The van der Waals surface area contributed by atoms with E-state index in [1.165, 1.54) is 44.9 Å². The topological polar surface area (TPSA) is 41.5 Å². The first-order valence-electron chi connectivity index (χ1n) is 10.1. The minimum absolute atomic E-state index is 0.0250. The van der Waals surface area contributed by atoms with Crippen LogP contribution in [0.3, 0.4) is 0 Å². The van der Waals surface area contributed by atoms with Gasteiger partial charge in [0.25, 0.3) is 0 Å². The van der Waals surface area contributed by atoms with E-state index in [0.717, 1.165) is 24.1 Å². The van der Waals surface area contributed by atoms with Crippen molar-refractivity contribution in [3.8, 4) is 0 Å². The van der Waals surface area contributed by atoms with Gasteiger partial charge < -0.3 is 0 Å². The molecule has 0 aromatic heterocycles. The Balaban J connectivity index is 2.20. The monoisotopic (exact) mass is 344 g/mol. The maximum Gasteiger partial charge on any atom is 0.240 e. The van der Waals surface area contributed by atoms with Gasteiger partial charge >= 0.3 is 0 Å². The number of benzene rings is 1. The predicted octanol–water partition coefficient (Wildman–Crippen LogP) is 6.08. The summed E-state index contributed by atoms with van der Waals surface area (Å²) < 4.78 is 0. The second kappa shape index (κ2) is 13.6. The van der Waals surface area contributed by atoms with Gasteiger partial charge in [0.1, 0.15) is 0 Å². The maximum absolute atomic E-state index is 12.0. The SMILES string of the molecule is CCCCCCCCCCCC(=O)NN=C(c1ccccc1)C(C)C. The number of hydrogen-bond acceptors (Lipinski definition) is 2. The van der Waals surface area contributed by atoms with Crippen LogP contribution < -0.4 is 5.43 Å². The lowest BCUT2D eigenvalue weighted by Crippen LogP contribution is -2.21. The second-order valence-electron chi connectivity index (χ2n) is 7.13. The number of nitrogens with zero attached hydrogens (tertiary/aromatic N) is 1. The van der Waals surface area contributed by atoms with Crippen molar-refractivity contribution in [3.05, 3.63) is 35.9 Å². The van der Waals surface area contributed by atoms with Crippen molar-refractivity contribution in [1.29, 1.82) is 0 Å². The highest BCUT2D eigenvalue weighted by Gasteiger charge is 2.09. The molecule has 25 heavy (non-hydrogen) atoms. The van der Waals surface area contributed by atoms with Crippen molar-refractivity contribution in [2.45, 2.75) is 85.0 Å². The third-order valence-electron chi connectivity index (χ3n) is 4.42. The number of amides is 1. The van der Waals surface area contributed by atoms with E-state index in [1.807, 2.05) is 30.3 Å². The lowest BCUT2D eigenvalue weighted by molar-refractivity contribution is -0.121. The molecule has 0 aliphatic heterocycles. The van der Waals surface area contributed by atoms with E-state index in [9.17, 15) is 4.79 Å². The highest BCUT2D eigenvalue weighted by molar-refractivity contribution is 6.02. The highest BCUT2D eigenvalue weighted by Crippen LogP contribution is 2.11. The van der Waals surface area contributed by atoms with Gasteiger partial charge in [-0.2, -0.15) is 5.10 Å². The molecule has 0 heterocycles. The Bertz CT molecular complexity index is 494. The Morgan fingerprint density at radius 1 is 0.920 bits per heavy atom. The Morgan fingerprint density at radius 2 is 1.48 bits per heavy atom. The van der Waals surface area contributed by atoms with Gasteiger partial charge in [-0.15, -0.1) is 0 Å². The van der Waals surface area contributed by atoms with E-state index < -0.39 is 0 Å². The van der Waals surface area contributed by atoms with Crippen molar-refractivity contribution >= 4 is 11.6 Å². The van der Waals surface area contributed by atoms with Gasteiger partial charge in [0, 0.05) is 6.42 Å². The smallest absolute Gasteiger partial charge is 0.240 e. The van der Waals surface area contributed by atoms with E-state index >= 15 is 0 Å². The summed E-state index contributed by atoms with van der Waals surface area (Å²) in [5.74, 6) is 0.299. The molecule has 0 saturated carbocycles. The van der Waals surface area contributed by atoms with Crippen LogP contribution in [0.2, 0.25) is 0 Å². The number of rotatable bonds is 13. The molecule has 1 amide bonds. The van der Waals surface area contributed by atoms with Gasteiger partial charge in [0.05, 0.1) is 5.71 Å². The fourth-order valence-electron chi connectivity index (χ4n) is 2.91. The van der Waals surface area contributed by atoms with Crippen LogP contribution in [0.1, 0.15) is 90.5 Å². The van der Waals surface area contributed by atoms with Crippen LogP contribution in [-0.4, -0.2) is 11.6 Å². The number of carbonyl (C=O) groups excluding carboxylic acids is 1. The summed E-state index contributed by atoms with van der Waals surface area (Å²) in [6, 6.07) is 10.1. The number of unbranched alkanes of at least 4 members (excludes halogenated alkanes) is 8. The van der Waals surface area contributed by atoms with E-state index in [4.69, 9.17) is 0 Å². The lowest BCUT2D eigenvalue weighted by atomic mass is 10.0. The van der Waals surface area contributed by atoms with E-state index in [1.54, 1.807) is 0 Å². The average molecular weight is 345 g/mol. The molecule has 140 valence electrons. The van der Waals surface area contributed by atoms with E-state index in [-0.39, 0.29) is 11.8 Å². The third kappa shape index (κ3) is 10.1. The van der Waals surface area contributed by atoms with Crippen LogP contribution in [0.4, 0.5) is 0 Å². The molecule has 1 aromatic rings. The number of nitrogens with one attached hydrogen (secondary N) is 1. The van der Waals surface area contributed by atoms with Crippen LogP contribution in [0.25, 0.3) is 0 Å². The van der Waals surface area contributed by atoms with Crippen molar-refractivity contribution in [3.63, 3.8) is 0 Å². The van der Waals surface area contributed by atoms with Crippen molar-refractivity contribution in [2.24, 2.45) is 11.0 Å². The average Bonchev–Trinajstić information content (AvgIpc) is 2.61. The second-order valence-corrected chi connectivity index (χ2v) is 7.13. The molecule has 0 fully saturated rings. The summed E-state index contributed by atoms with van der Waals surface area (Å²) in [6.45, 7) is 6.44. The maximum atomic E-state index is 12.0. The highest BCUT2D eigenvalue weighted by atomic mass is 16.2. The summed E-state index contributed by atoms with van der Waals surface area (Å²) in [5, 5.41) is 4.37. The first-order valence-corrected chi connectivity index (χ1v) is 10.1. The van der Waals surface area contributed by atoms with Gasteiger partial charge in [-0.05, 0) is 17.9 Å². The zero-order valence-electron chi connectivity index (χ0n) is 16.4. The molecule has 0 aliphatic carbocycles. The standard InChI is InChI=1S/C22H36N2O/c1-4-5-6-7-8-9-10-11-15-18-21(25)23-24-22(19(2)3)20-16-13-12-14-17-20/h12-14,16-17,19H,4-11,15,18H2,1-3H3,(H,23,25). The number of hydrogen-bond donors (Lipinski definition) is 1. The summed E-state index contributed by atoms with van der Waals surface area (Å²) in [6.07, 6.45) is 11.9. The third-order valence-corrected chi connectivity index (χ3v) is 4.42. The molecule has 1 rings (SSSR count). The molecular weight excluding hydrogens is 308 g/mol. The quantitative estimate of drug-likeness (QED) is 0.263. The van der Waals surface area contributed by atoms with Gasteiger partial charge in [0.2, 0.25) is 5.91 Å². The minimum Gasteiger partial charge on any atom is -0.273 e. The summed E-state index contributed by atoms with van der Waals surface area (Å²) in [7, 11) is 0. The molecule has 3 nitrogen and oxygen atoms in total. The van der Waals surface area contributed by atoms with Crippen LogP contribution in [0.15, 0.2) is 35.4 Å². The fourth-order valence-corrected chi connectivity index (χ4v) is 2.91. The fraction of sp³-hybridized carbons (Fsp3) is 0.636.